The molecular formula is C15H20BrClN2O4. The number of halogens is 2. The minimum absolute atomic E-state index is 0.0232. The number of nitrogens with zero attached hydrogens (tertiary/aromatic N) is 2. The van der Waals surface area contributed by atoms with E-state index in [-0.39, 0.29) is 10.8 Å². The molecule has 128 valence electrons. The van der Waals surface area contributed by atoms with Gasteiger partial charge in [0.25, 0.3) is 0 Å². The van der Waals surface area contributed by atoms with Crippen LogP contribution in [0.4, 0.5) is 15.3 Å². The van der Waals surface area contributed by atoms with Crippen molar-refractivity contribution in [2.75, 3.05) is 4.90 Å². The van der Waals surface area contributed by atoms with Gasteiger partial charge in [-0.3, -0.25) is 0 Å². The maximum absolute atomic E-state index is 12.5. The Labute approximate surface area is 149 Å². The first-order valence-electron chi connectivity index (χ1n) is 6.87. The summed E-state index contributed by atoms with van der Waals surface area (Å²) >= 11 is 9.27. The lowest BCUT2D eigenvalue weighted by Crippen LogP contribution is -2.44. The molecule has 0 atom stereocenters. The van der Waals surface area contributed by atoms with E-state index < -0.39 is 23.4 Å². The fourth-order valence-corrected chi connectivity index (χ4v) is 1.96. The lowest BCUT2D eigenvalue weighted by atomic mass is 10.2. The SMILES string of the molecule is CC(C)(C)OC(=O)N(C(=O)OC(C)(C)C)c1cc(Br)cnc1Cl. The molecule has 0 radical (unpaired) electrons. The van der Waals surface area contributed by atoms with Crippen molar-refractivity contribution in [3.05, 3.63) is 21.9 Å². The van der Waals surface area contributed by atoms with Crippen LogP contribution < -0.4 is 4.90 Å². The average molecular weight is 408 g/mol. The Kier molecular flexibility index (Phi) is 6.04. The van der Waals surface area contributed by atoms with Gasteiger partial charge in [0.05, 0.1) is 5.69 Å². The van der Waals surface area contributed by atoms with Crippen LogP contribution in [-0.4, -0.2) is 28.4 Å². The molecule has 0 saturated carbocycles. The summed E-state index contributed by atoms with van der Waals surface area (Å²) in [5, 5.41) is -0.0232. The summed E-state index contributed by atoms with van der Waals surface area (Å²) in [6.07, 6.45) is -0.337. The van der Waals surface area contributed by atoms with Crippen molar-refractivity contribution in [2.45, 2.75) is 52.7 Å². The summed E-state index contributed by atoms with van der Waals surface area (Å²) in [6, 6.07) is 1.49. The fraction of sp³-hybridized carbons (Fsp3) is 0.533. The minimum Gasteiger partial charge on any atom is -0.443 e. The first-order chi connectivity index (χ1) is 10.3. The maximum Gasteiger partial charge on any atom is 0.424 e. The molecule has 0 aromatic carbocycles. The summed E-state index contributed by atoms with van der Waals surface area (Å²) < 4.78 is 11.1. The average Bonchev–Trinajstić information content (AvgIpc) is 2.29. The molecule has 0 aliphatic carbocycles. The second kappa shape index (κ2) is 7.05. The van der Waals surface area contributed by atoms with E-state index in [0.717, 1.165) is 4.90 Å². The van der Waals surface area contributed by atoms with Gasteiger partial charge in [0, 0.05) is 10.7 Å². The Bertz CT molecular complexity index is 580. The van der Waals surface area contributed by atoms with Gasteiger partial charge in [0.2, 0.25) is 0 Å². The predicted octanol–water partition coefficient (Wildman–Crippen LogP) is 5.17. The van der Waals surface area contributed by atoms with Crippen LogP contribution in [-0.2, 0) is 9.47 Å². The van der Waals surface area contributed by atoms with Crippen molar-refractivity contribution < 1.29 is 19.1 Å². The minimum atomic E-state index is -0.895. The van der Waals surface area contributed by atoms with E-state index in [0.29, 0.717) is 4.47 Å². The first kappa shape index (κ1) is 19.7. The summed E-state index contributed by atoms with van der Waals surface area (Å²) in [4.78, 5) is 29.6. The monoisotopic (exact) mass is 406 g/mol. The summed E-state index contributed by atoms with van der Waals surface area (Å²) in [5.41, 5.74) is -1.50. The van der Waals surface area contributed by atoms with Crippen LogP contribution in [0.3, 0.4) is 0 Å². The molecule has 8 heteroatoms. The topological polar surface area (TPSA) is 68.7 Å². The van der Waals surface area contributed by atoms with Gasteiger partial charge in [-0.05, 0) is 63.5 Å². The third kappa shape index (κ3) is 6.35. The normalized spacial score (nSPS) is 11.8. The molecule has 0 bridgehead atoms. The van der Waals surface area contributed by atoms with Crippen LogP contribution in [0.25, 0.3) is 0 Å². The Morgan fingerprint density at radius 2 is 1.52 bits per heavy atom. The van der Waals surface area contributed by atoms with E-state index in [9.17, 15) is 9.59 Å². The van der Waals surface area contributed by atoms with E-state index >= 15 is 0 Å². The van der Waals surface area contributed by atoms with Gasteiger partial charge in [-0.2, -0.15) is 4.90 Å². The number of pyridine rings is 1. The van der Waals surface area contributed by atoms with Crippen molar-refractivity contribution >= 4 is 45.4 Å². The Balaban J connectivity index is 3.28. The maximum atomic E-state index is 12.5. The Morgan fingerprint density at radius 1 is 1.09 bits per heavy atom. The highest BCUT2D eigenvalue weighted by Gasteiger charge is 2.34. The number of ether oxygens (including phenoxy) is 2. The molecule has 2 amide bonds. The van der Waals surface area contributed by atoms with E-state index in [4.69, 9.17) is 21.1 Å². The lowest BCUT2D eigenvalue weighted by molar-refractivity contribution is 0.0430. The molecule has 0 fully saturated rings. The largest absolute Gasteiger partial charge is 0.443 e. The smallest absolute Gasteiger partial charge is 0.424 e. The Morgan fingerprint density at radius 3 is 1.91 bits per heavy atom. The van der Waals surface area contributed by atoms with Gasteiger partial charge in [0.15, 0.2) is 5.15 Å². The zero-order valence-corrected chi connectivity index (χ0v) is 16.3. The zero-order valence-electron chi connectivity index (χ0n) is 13.9. The molecule has 1 aromatic heterocycles. The van der Waals surface area contributed by atoms with Crippen LogP contribution in [0, 0.1) is 0 Å². The van der Waals surface area contributed by atoms with Crippen LogP contribution in [0.1, 0.15) is 41.5 Å². The second-order valence-corrected chi connectivity index (χ2v) is 8.03. The summed E-state index contributed by atoms with van der Waals surface area (Å²) in [7, 11) is 0. The molecule has 0 unspecified atom stereocenters. The van der Waals surface area contributed by atoms with Crippen molar-refractivity contribution in [1.29, 1.82) is 0 Å². The van der Waals surface area contributed by atoms with E-state index in [1.165, 1.54) is 12.3 Å². The number of hydrogen-bond donors (Lipinski definition) is 0. The fourth-order valence-electron chi connectivity index (χ4n) is 1.46. The number of anilines is 1. The van der Waals surface area contributed by atoms with Gasteiger partial charge >= 0.3 is 12.2 Å². The molecule has 1 heterocycles. The van der Waals surface area contributed by atoms with Gasteiger partial charge in [0.1, 0.15) is 11.2 Å². The molecule has 0 aliphatic rings. The Hall–Kier alpha value is -1.34. The van der Waals surface area contributed by atoms with Crippen LogP contribution in [0.2, 0.25) is 5.15 Å². The number of rotatable bonds is 1. The highest BCUT2D eigenvalue weighted by atomic mass is 79.9. The molecule has 1 rings (SSSR count). The third-order valence-corrected chi connectivity index (χ3v) is 2.91. The van der Waals surface area contributed by atoms with Crippen molar-refractivity contribution in [2.24, 2.45) is 0 Å². The number of imide groups is 1. The molecule has 0 spiro atoms. The third-order valence-electron chi connectivity index (χ3n) is 2.18. The second-order valence-electron chi connectivity index (χ2n) is 6.76. The standard InChI is InChI=1S/C15H20BrClN2O4/c1-14(2,3)22-12(20)19(13(21)23-15(4,5)6)10-7-9(16)8-18-11(10)17/h7-8H,1-6H3. The van der Waals surface area contributed by atoms with E-state index in [1.54, 1.807) is 41.5 Å². The summed E-state index contributed by atoms with van der Waals surface area (Å²) in [5.74, 6) is 0. The molecule has 1 aromatic rings. The van der Waals surface area contributed by atoms with Crippen LogP contribution in [0.5, 0.6) is 0 Å². The number of carbonyl (C=O) groups excluding carboxylic acids is 2. The van der Waals surface area contributed by atoms with Crippen molar-refractivity contribution in [3.63, 3.8) is 0 Å². The summed E-state index contributed by atoms with van der Waals surface area (Å²) in [6.45, 7) is 10.2. The first-order valence-corrected chi connectivity index (χ1v) is 8.04. The molecule has 6 nitrogen and oxygen atoms in total. The van der Waals surface area contributed by atoms with E-state index in [2.05, 4.69) is 20.9 Å². The van der Waals surface area contributed by atoms with Gasteiger partial charge in [-0.1, -0.05) is 11.6 Å². The van der Waals surface area contributed by atoms with Gasteiger partial charge in [-0.15, -0.1) is 0 Å². The molecule has 0 aliphatic heterocycles. The van der Waals surface area contributed by atoms with E-state index in [1.807, 2.05) is 0 Å². The molecule has 0 saturated heterocycles. The van der Waals surface area contributed by atoms with Gasteiger partial charge in [-0.25, -0.2) is 14.6 Å². The van der Waals surface area contributed by atoms with Crippen molar-refractivity contribution in [1.82, 2.24) is 4.98 Å². The molecule has 23 heavy (non-hydrogen) atoms. The van der Waals surface area contributed by atoms with Gasteiger partial charge < -0.3 is 9.47 Å². The number of amides is 2. The zero-order chi connectivity index (χ0) is 18.0. The highest BCUT2D eigenvalue weighted by molar-refractivity contribution is 9.10. The van der Waals surface area contributed by atoms with Crippen LogP contribution in [0.15, 0.2) is 16.7 Å². The molecule has 0 N–H and O–H groups in total. The quantitative estimate of drug-likeness (QED) is 0.600. The lowest BCUT2D eigenvalue weighted by Gasteiger charge is -2.28. The number of aromatic nitrogens is 1. The predicted molar refractivity (Wildman–Crippen MR) is 91.9 cm³/mol. The van der Waals surface area contributed by atoms with Crippen LogP contribution >= 0.6 is 27.5 Å². The van der Waals surface area contributed by atoms with Crippen molar-refractivity contribution in [3.8, 4) is 0 Å². The number of hydrogen-bond acceptors (Lipinski definition) is 5. The molecular weight excluding hydrogens is 388 g/mol. The number of carbonyl (C=O) groups is 2. The highest BCUT2D eigenvalue weighted by Crippen LogP contribution is 2.29.